The number of nitrogens with one attached hydrogen (secondary N) is 1. The van der Waals surface area contributed by atoms with E-state index in [0.29, 0.717) is 12.0 Å². The van der Waals surface area contributed by atoms with Gasteiger partial charge in [0.05, 0.1) is 5.38 Å². The monoisotopic (exact) mass is 476 g/mol. The van der Waals surface area contributed by atoms with Crippen LogP contribution in [0.5, 0.6) is 0 Å². The second-order valence-electron chi connectivity index (χ2n) is 9.69. The maximum absolute atomic E-state index is 13.4. The Morgan fingerprint density at radius 2 is 1.82 bits per heavy atom. The van der Waals surface area contributed by atoms with E-state index in [-0.39, 0.29) is 36.7 Å². The SMILES string of the molecule is CC(C)C[C@H](NC(=O)c1ccc(N2CCN(C)CC2)cc1)C(=O)N1C[C@@H](Cl)[C@H]2OCC(=O)[C@H]21. The summed E-state index contributed by atoms with van der Waals surface area (Å²) in [7, 11) is 2.12. The lowest BCUT2D eigenvalue weighted by atomic mass is 10.0. The Kier molecular flexibility index (Phi) is 7.26. The smallest absolute Gasteiger partial charge is 0.251 e. The first-order valence-electron chi connectivity index (χ1n) is 11.7. The van der Waals surface area contributed by atoms with Crippen LogP contribution in [0, 0.1) is 5.92 Å². The topological polar surface area (TPSA) is 82.2 Å². The third kappa shape index (κ3) is 5.18. The van der Waals surface area contributed by atoms with Gasteiger partial charge >= 0.3 is 0 Å². The molecular weight excluding hydrogens is 444 g/mol. The Hall–Kier alpha value is -2.16. The summed E-state index contributed by atoms with van der Waals surface area (Å²) in [6, 6.07) is 6.12. The molecule has 8 nitrogen and oxygen atoms in total. The molecule has 1 N–H and O–H groups in total. The summed E-state index contributed by atoms with van der Waals surface area (Å²) < 4.78 is 5.49. The van der Waals surface area contributed by atoms with Crippen LogP contribution in [0.3, 0.4) is 0 Å². The lowest BCUT2D eigenvalue weighted by Crippen LogP contribution is -2.52. The summed E-state index contributed by atoms with van der Waals surface area (Å²) >= 11 is 6.35. The number of ether oxygens (including phenoxy) is 1. The number of halogens is 1. The first-order chi connectivity index (χ1) is 15.7. The fourth-order valence-corrected chi connectivity index (χ4v) is 5.21. The number of likely N-dealkylation sites (tertiary alicyclic amines) is 1. The summed E-state index contributed by atoms with van der Waals surface area (Å²) in [5, 5.41) is 2.48. The molecule has 3 aliphatic heterocycles. The van der Waals surface area contributed by atoms with Gasteiger partial charge in [0.2, 0.25) is 5.91 Å². The molecule has 3 saturated heterocycles. The van der Waals surface area contributed by atoms with Crippen molar-refractivity contribution in [3.63, 3.8) is 0 Å². The van der Waals surface area contributed by atoms with Crippen LogP contribution in [0.2, 0.25) is 0 Å². The lowest BCUT2D eigenvalue weighted by Gasteiger charge is -2.34. The van der Waals surface area contributed by atoms with E-state index in [1.165, 1.54) is 4.90 Å². The first kappa shape index (κ1) is 24.0. The molecule has 3 heterocycles. The number of hydrogen-bond donors (Lipinski definition) is 1. The number of amides is 2. The standard InChI is InChI=1S/C24H33ClN4O4/c1-15(2)12-19(24(32)29-13-18(25)22-21(29)20(30)14-33-22)26-23(31)16-4-6-17(7-5-16)28-10-8-27(3)9-11-28/h4-7,15,18-19,21-22H,8-14H2,1-3H3,(H,26,31)/t18-,19+,21-,22-/m1/s1. The van der Waals surface area contributed by atoms with Gasteiger partial charge in [0.15, 0.2) is 5.78 Å². The quantitative estimate of drug-likeness (QED) is 0.624. The molecule has 0 aliphatic carbocycles. The molecule has 4 atom stereocenters. The number of Topliss-reactive ketones (excluding diaryl/α,β-unsaturated/α-hetero) is 1. The van der Waals surface area contributed by atoms with Crippen molar-refractivity contribution in [2.24, 2.45) is 5.92 Å². The van der Waals surface area contributed by atoms with E-state index in [2.05, 4.69) is 22.2 Å². The largest absolute Gasteiger partial charge is 0.369 e. The van der Waals surface area contributed by atoms with Crippen molar-refractivity contribution in [2.75, 3.05) is 51.3 Å². The molecule has 1 aromatic carbocycles. The van der Waals surface area contributed by atoms with Gasteiger partial charge in [0.25, 0.3) is 5.91 Å². The Balaban J connectivity index is 1.44. The number of carbonyl (C=O) groups is 3. The summed E-state index contributed by atoms with van der Waals surface area (Å²) in [5.74, 6) is -0.528. The molecular formula is C24H33ClN4O4. The number of nitrogens with zero attached hydrogens (tertiary/aromatic N) is 3. The van der Waals surface area contributed by atoms with Gasteiger partial charge in [-0.25, -0.2) is 0 Å². The van der Waals surface area contributed by atoms with Crippen molar-refractivity contribution < 1.29 is 19.1 Å². The Morgan fingerprint density at radius 1 is 1.15 bits per heavy atom. The molecule has 4 rings (SSSR count). The number of rotatable bonds is 6. The molecule has 0 radical (unpaired) electrons. The van der Waals surface area contributed by atoms with Crippen LogP contribution in [0.15, 0.2) is 24.3 Å². The summed E-state index contributed by atoms with van der Waals surface area (Å²) in [5.41, 5.74) is 1.59. The Labute approximate surface area is 200 Å². The zero-order valence-corrected chi connectivity index (χ0v) is 20.3. The summed E-state index contributed by atoms with van der Waals surface area (Å²) in [6.07, 6.45) is 0.000430. The van der Waals surface area contributed by atoms with Gasteiger partial charge in [0.1, 0.15) is 24.8 Å². The van der Waals surface area contributed by atoms with Crippen LogP contribution in [0.25, 0.3) is 0 Å². The van der Waals surface area contributed by atoms with E-state index in [1.54, 1.807) is 12.1 Å². The molecule has 0 bridgehead atoms. The molecule has 0 spiro atoms. The van der Waals surface area contributed by atoms with Crippen LogP contribution in [0.4, 0.5) is 5.69 Å². The van der Waals surface area contributed by atoms with Crippen molar-refractivity contribution in [1.29, 1.82) is 0 Å². The average molecular weight is 477 g/mol. The van der Waals surface area contributed by atoms with E-state index < -0.39 is 23.6 Å². The number of alkyl halides is 1. The van der Waals surface area contributed by atoms with Gasteiger partial charge in [-0.15, -0.1) is 11.6 Å². The maximum atomic E-state index is 13.4. The fraction of sp³-hybridized carbons (Fsp3) is 0.625. The zero-order chi connectivity index (χ0) is 23.7. The summed E-state index contributed by atoms with van der Waals surface area (Å²) in [4.78, 5) is 44.8. The van der Waals surface area contributed by atoms with Crippen LogP contribution >= 0.6 is 11.6 Å². The van der Waals surface area contributed by atoms with Crippen LogP contribution in [-0.4, -0.2) is 97.3 Å². The number of carbonyl (C=O) groups excluding carboxylic acids is 3. The number of fused-ring (bicyclic) bond motifs is 1. The molecule has 2 amide bonds. The van der Waals surface area contributed by atoms with E-state index in [4.69, 9.17) is 16.3 Å². The lowest BCUT2D eigenvalue weighted by molar-refractivity contribution is -0.138. The summed E-state index contributed by atoms with van der Waals surface area (Å²) in [6.45, 7) is 8.14. The fourth-order valence-electron chi connectivity index (χ4n) is 4.85. The van der Waals surface area contributed by atoms with Crippen molar-refractivity contribution in [1.82, 2.24) is 15.1 Å². The van der Waals surface area contributed by atoms with Gasteiger partial charge < -0.3 is 24.8 Å². The minimum Gasteiger partial charge on any atom is -0.369 e. The van der Waals surface area contributed by atoms with Gasteiger partial charge in [-0.2, -0.15) is 0 Å². The number of hydrogen-bond acceptors (Lipinski definition) is 6. The third-order valence-corrected chi connectivity index (χ3v) is 7.10. The predicted molar refractivity (Wildman–Crippen MR) is 127 cm³/mol. The number of ketones is 1. The molecule has 9 heteroatoms. The van der Waals surface area contributed by atoms with Gasteiger partial charge in [0, 0.05) is 44.0 Å². The van der Waals surface area contributed by atoms with Crippen LogP contribution in [-0.2, 0) is 14.3 Å². The molecule has 3 aliphatic rings. The van der Waals surface area contributed by atoms with E-state index >= 15 is 0 Å². The Bertz CT molecular complexity index is 885. The number of likely N-dealkylation sites (N-methyl/N-ethyl adjacent to an activating group) is 1. The third-order valence-electron chi connectivity index (χ3n) is 6.71. The van der Waals surface area contributed by atoms with Crippen molar-refractivity contribution in [3.05, 3.63) is 29.8 Å². The molecule has 0 aromatic heterocycles. The van der Waals surface area contributed by atoms with E-state index in [0.717, 1.165) is 31.9 Å². The molecule has 0 saturated carbocycles. The molecule has 0 unspecified atom stereocenters. The molecule has 180 valence electrons. The van der Waals surface area contributed by atoms with Crippen LogP contribution in [0.1, 0.15) is 30.6 Å². The molecule has 3 fully saturated rings. The average Bonchev–Trinajstić information content (AvgIpc) is 3.33. The zero-order valence-electron chi connectivity index (χ0n) is 19.5. The molecule has 1 aromatic rings. The molecule has 33 heavy (non-hydrogen) atoms. The number of anilines is 1. The van der Waals surface area contributed by atoms with E-state index in [9.17, 15) is 14.4 Å². The van der Waals surface area contributed by atoms with Gasteiger partial charge in [-0.3, -0.25) is 14.4 Å². The van der Waals surface area contributed by atoms with Gasteiger partial charge in [-0.1, -0.05) is 13.8 Å². The highest BCUT2D eigenvalue weighted by Gasteiger charge is 2.52. The minimum atomic E-state index is -0.731. The van der Waals surface area contributed by atoms with Gasteiger partial charge in [-0.05, 0) is 43.7 Å². The number of piperazine rings is 1. The first-order valence-corrected chi connectivity index (χ1v) is 12.1. The van der Waals surface area contributed by atoms with Crippen LogP contribution < -0.4 is 10.2 Å². The maximum Gasteiger partial charge on any atom is 0.251 e. The highest BCUT2D eigenvalue weighted by Crippen LogP contribution is 2.31. The van der Waals surface area contributed by atoms with Crippen molar-refractivity contribution in [3.8, 4) is 0 Å². The normalized spacial score (nSPS) is 26.6. The van der Waals surface area contributed by atoms with E-state index in [1.807, 2.05) is 26.0 Å². The predicted octanol–water partition coefficient (Wildman–Crippen LogP) is 1.37. The number of benzene rings is 1. The highest BCUT2D eigenvalue weighted by molar-refractivity contribution is 6.22. The van der Waals surface area contributed by atoms with Crippen molar-refractivity contribution in [2.45, 2.75) is 43.8 Å². The highest BCUT2D eigenvalue weighted by atomic mass is 35.5. The Morgan fingerprint density at radius 3 is 2.45 bits per heavy atom. The van der Waals surface area contributed by atoms with Crippen molar-refractivity contribution >= 4 is 34.9 Å². The second-order valence-corrected chi connectivity index (χ2v) is 10.2. The minimum absolute atomic E-state index is 0.0246. The second kappa shape index (κ2) is 9.99.